The van der Waals surface area contributed by atoms with Crippen molar-refractivity contribution in [2.45, 2.75) is 0 Å². The summed E-state index contributed by atoms with van der Waals surface area (Å²) in [6.45, 7) is 0. The minimum Gasteiger partial charge on any atom is -0.475 e. The molecule has 0 radical (unpaired) electrons. The quantitative estimate of drug-likeness (QED) is 0.582. The summed E-state index contributed by atoms with van der Waals surface area (Å²) in [7, 11) is 0. The summed E-state index contributed by atoms with van der Waals surface area (Å²) < 4.78 is 0. The minimum absolute atomic E-state index is 0.104. The lowest BCUT2D eigenvalue weighted by molar-refractivity contribution is -0.131. The zero-order chi connectivity index (χ0) is 11.7. The van der Waals surface area contributed by atoms with Crippen molar-refractivity contribution in [1.82, 2.24) is 4.98 Å². The molecule has 5 heteroatoms. The molecule has 0 aliphatic carbocycles. The van der Waals surface area contributed by atoms with Gasteiger partial charge in [-0.2, -0.15) is 5.26 Å². The lowest BCUT2D eigenvalue weighted by atomic mass is 10.1. The van der Waals surface area contributed by atoms with Gasteiger partial charge < -0.3 is 10.1 Å². The molecule has 0 bridgehead atoms. The van der Waals surface area contributed by atoms with Crippen LogP contribution in [0.5, 0.6) is 0 Å². The molecule has 2 N–H and O–H groups in total. The molecule has 0 fully saturated rings. The predicted octanol–water partition coefficient (Wildman–Crippen LogP) is 1.31. The van der Waals surface area contributed by atoms with Crippen LogP contribution in [-0.2, 0) is 4.79 Å². The second-order valence-electron chi connectivity index (χ2n) is 3.21. The second kappa shape index (κ2) is 3.51. The van der Waals surface area contributed by atoms with E-state index in [2.05, 4.69) is 4.98 Å². The van der Waals surface area contributed by atoms with Gasteiger partial charge in [0.05, 0.1) is 17.2 Å². The molecule has 2 rings (SSSR count). The molecule has 5 nitrogen and oxygen atoms in total. The van der Waals surface area contributed by atoms with E-state index in [1.165, 1.54) is 12.3 Å². The van der Waals surface area contributed by atoms with Gasteiger partial charge in [-0.25, -0.2) is 4.79 Å². The second-order valence-corrected chi connectivity index (χ2v) is 3.21. The molecule has 0 saturated heterocycles. The van der Waals surface area contributed by atoms with Crippen LogP contribution >= 0.6 is 0 Å². The molecule has 1 heterocycles. The molecule has 0 atom stereocenters. The first kappa shape index (κ1) is 9.93. The number of carbonyl (C=O) groups is 2. The zero-order valence-electron chi connectivity index (χ0n) is 8.02. The summed E-state index contributed by atoms with van der Waals surface area (Å²) in [6, 6.07) is 6.62. The van der Waals surface area contributed by atoms with Crippen LogP contribution in [0.2, 0.25) is 0 Å². The highest BCUT2D eigenvalue weighted by Crippen LogP contribution is 2.19. The van der Waals surface area contributed by atoms with Crippen LogP contribution in [0.4, 0.5) is 0 Å². The number of aromatic amines is 1. The molecular formula is C11H6N2O3. The maximum atomic E-state index is 11.3. The number of nitrogens with zero attached hydrogens (tertiary/aromatic N) is 1. The maximum Gasteiger partial charge on any atom is 0.377 e. The number of Topliss-reactive ketones (excluding diaryl/α,β-unsaturated/α-hetero) is 1. The molecule has 78 valence electrons. The largest absolute Gasteiger partial charge is 0.475 e. The summed E-state index contributed by atoms with van der Waals surface area (Å²) in [5.41, 5.74) is 1.12. The molecule has 16 heavy (non-hydrogen) atoms. The predicted molar refractivity (Wildman–Crippen MR) is 55.0 cm³/mol. The minimum atomic E-state index is -1.50. The zero-order valence-corrected chi connectivity index (χ0v) is 8.02. The third-order valence-corrected chi connectivity index (χ3v) is 2.25. The van der Waals surface area contributed by atoms with Crippen LogP contribution in [0.1, 0.15) is 15.9 Å². The average Bonchev–Trinajstić information content (AvgIpc) is 2.70. The SMILES string of the molecule is N#Cc1ccc2c(C(=O)C(=O)O)c[nH]c2c1. The van der Waals surface area contributed by atoms with Crippen LogP contribution in [0, 0.1) is 11.3 Å². The lowest BCUT2D eigenvalue weighted by Gasteiger charge is -1.94. The first-order chi connectivity index (χ1) is 7.63. The molecule has 0 amide bonds. The van der Waals surface area contributed by atoms with E-state index >= 15 is 0 Å². The number of benzene rings is 1. The Hall–Kier alpha value is -2.61. The van der Waals surface area contributed by atoms with Gasteiger partial charge in [0.1, 0.15) is 0 Å². The highest BCUT2D eigenvalue weighted by Gasteiger charge is 2.18. The van der Waals surface area contributed by atoms with Gasteiger partial charge >= 0.3 is 5.97 Å². The van der Waals surface area contributed by atoms with E-state index in [0.29, 0.717) is 16.5 Å². The van der Waals surface area contributed by atoms with Crippen LogP contribution in [0.3, 0.4) is 0 Å². The highest BCUT2D eigenvalue weighted by molar-refractivity contribution is 6.42. The Labute approximate surface area is 89.9 Å². The molecule has 2 aromatic rings. The molecule has 0 aliphatic heterocycles. The van der Waals surface area contributed by atoms with Crippen molar-refractivity contribution in [2.75, 3.05) is 0 Å². The number of H-pyrrole nitrogens is 1. The van der Waals surface area contributed by atoms with Crippen molar-refractivity contribution < 1.29 is 14.7 Å². The van der Waals surface area contributed by atoms with Crippen molar-refractivity contribution in [3.63, 3.8) is 0 Å². The summed E-state index contributed by atoms with van der Waals surface area (Å²) in [6.07, 6.45) is 1.34. The highest BCUT2D eigenvalue weighted by atomic mass is 16.4. The monoisotopic (exact) mass is 214 g/mol. The number of hydrogen-bond acceptors (Lipinski definition) is 3. The number of aliphatic carboxylic acids is 1. The van der Waals surface area contributed by atoms with Crippen molar-refractivity contribution in [1.29, 1.82) is 5.26 Å². The van der Waals surface area contributed by atoms with Gasteiger partial charge in [-0.3, -0.25) is 4.79 Å². The van der Waals surface area contributed by atoms with E-state index in [1.807, 2.05) is 6.07 Å². The van der Waals surface area contributed by atoms with Gasteiger partial charge in [-0.1, -0.05) is 6.07 Å². The van der Waals surface area contributed by atoms with Gasteiger partial charge in [-0.15, -0.1) is 0 Å². The van der Waals surface area contributed by atoms with Crippen LogP contribution in [0.25, 0.3) is 10.9 Å². The molecule has 1 aromatic carbocycles. The van der Waals surface area contributed by atoms with Crippen LogP contribution < -0.4 is 0 Å². The summed E-state index contributed by atoms with van der Waals surface area (Å²) in [5, 5.41) is 17.8. The number of fused-ring (bicyclic) bond motifs is 1. The molecule has 0 spiro atoms. The third kappa shape index (κ3) is 1.42. The molecule has 0 saturated carbocycles. The third-order valence-electron chi connectivity index (χ3n) is 2.25. The maximum absolute atomic E-state index is 11.3. The van der Waals surface area contributed by atoms with Gasteiger partial charge in [0.25, 0.3) is 5.78 Å². The Balaban J connectivity index is 2.63. The Kier molecular flexibility index (Phi) is 2.18. The van der Waals surface area contributed by atoms with E-state index in [1.54, 1.807) is 12.1 Å². The molecule has 0 aliphatic rings. The van der Waals surface area contributed by atoms with E-state index < -0.39 is 11.8 Å². The van der Waals surface area contributed by atoms with Gasteiger partial charge in [0, 0.05) is 17.1 Å². The number of ketones is 1. The first-order valence-electron chi connectivity index (χ1n) is 4.42. The van der Waals surface area contributed by atoms with Crippen molar-refractivity contribution in [3.05, 3.63) is 35.5 Å². The van der Waals surface area contributed by atoms with E-state index in [-0.39, 0.29) is 5.56 Å². The Bertz CT molecular complexity index is 634. The standard InChI is InChI=1S/C11H6N2O3/c12-4-6-1-2-7-8(10(14)11(15)16)5-13-9(7)3-6/h1-3,5,13H,(H,15,16). The number of rotatable bonds is 2. The van der Waals surface area contributed by atoms with Crippen molar-refractivity contribution in [2.24, 2.45) is 0 Å². The average molecular weight is 214 g/mol. The number of hydrogen-bond donors (Lipinski definition) is 2. The number of aromatic nitrogens is 1. The Morgan fingerprint density at radius 2 is 2.12 bits per heavy atom. The number of carbonyl (C=O) groups excluding carboxylic acids is 1. The fourth-order valence-electron chi connectivity index (χ4n) is 1.50. The molecule has 0 unspecified atom stereocenters. The van der Waals surface area contributed by atoms with Crippen molar-refractivity contribution >= 4 is 22.7 Å². The fourth-order valence-corrected chi connectivity index (χ4v) is 1.50. The Morgan fingerprint density at radius 1 is 1.38 bits per heavy atom. The number of nitriles is 1. The summed E-state index contributed by atoms with van der Waals surface area (Å²) in [5.74, 6) is -2.46. The van der Waals surface area contributed by atoms with Crippen molar-refractivity contribution in [3.8, 4) is 6.07 Å². The molecule has 1 aromatic heterocycles. The summed E-state index contributed by atoms with van der Waals surface area (Å²) >= 11 is 0. The number of carboxylic acid groups (broad SMARTS) is 1. The Morgan fingerprint density at radius 3 is 2.75 bits per heavy atom. The van der Waals surface area contributed by atoms with E-state index in [0.717, 1.165) is 0 Å². The van der Waals surface area contributed by atoms with Gasteiger partial charge in [-0.05, 0) is 12.1 Å². The summed E-state index contributed by atoms with van der Waals surface area (Å²) in [4.78, 5) is 24.6. The first-order valence-corrected chi connectivity index (χ1v) is 4.42. The molecular weight excluding hydrogens is 208 g/mol. The van der Waals surface area contributed by atoms with E-state index in [4.69, 9.17) is 10.4 Å². The van der Waals surface area contributed by atoms with Gasteiger partial charge in [0.2, 0.25) is 0 Å². The topological polar surface area (TPSA) is 93.9 Å². The van der Waals surface area contributed by atoms with Crippen LogP contribution in [0.15, 0.2) is 24.4 Å². The number of carboxylic acids is 1. The van der Waals surface area contributed by atoms with Crippen LogP contribution in [-0.4, -0.2) is 21.8 Å². The normalized spacial score (nSPS) is 9.94. The smallest absolute Gasteiger partial charge is 0.377 e. The fraction of sp³-hybridized carbons (Fsp3) is 0. The lowest BCUT2D eigenvalue weighted by Crippen LogP contribution is -2.11. The van der Waals surface area contributed by atoms with Gasteiger partial charge in [0.15, 0.2) is 0 Å². The van der Waals surface area contributed by atoms with E-state index in [9.17, 15) is 9.59 Å². The number of nitrogens with one attached hydrogen (secondary N) is 1.